The number of hydrogen-bond acceptors (Lipinski definition) is 9. The van der Waals surface area contributed by atoms with E-state index in [9.17, 15) is 32.2 Å². The van der Waals surface area contributed by atoms with Crippen LogP contribution in [0.3, 0.4) is 0 Å². The molecule has 0 radical (unpaired) electrons. The molecule has 196 valence electrons. The van der Waals surface area contributed by atoms with Crippen molar-refractivity contribution in [3.05, 3.63) is 62.7 Å². The highest BCUT2D eigenvalue weighted by Crippen LogP contribution is 2.37. The van der Waals surface area contributed by atoms with Gasteiger partial charge in [0.05, 0.1) is 40.7 Å². The van der Waals surface area contributed by atoms with E-state index in [2.05, 4.69) is 12.0 Å². The van der Waals surface area contributed by atoms with E-state index >= 15 is 0 Å². The maximum atomic E-state index is 14.0. The molecule has 0 saturated heterocycles. The Labute approximate surface area is 216 Å². The largest absolute Gasteiger partial charge is 0.367 e. The summed E-state index contributed by atoms with van der Waals surface area (Å²) in [6.07, 6.45) is 7.42. The predicted octanol–water partition coefficient (Wildman–Crippen LogP) is 2.39. The molecular weight excluding hydrogens is 520 g/mol. The number of hydrogen-bond donors (Lipinski definition) is 0. The number of sulfonamides is 1. The summed E-state index contributed by atoms with van der Waals surface area (Å²) < 4.78 is 56.9. The van der Waals surface area contributed by atoms with Gasteiger partial charge in [0.15, 0.2) is 0 Å². The first kappa shape index (κ1) is 28.1. The molecule has 0 N–H and O–H groups in total. The second kappa shape index (κ2) is 11.3. The van der Waals surface area contributed by atoms with Gasteiger partial charge in [-0.25, -0.2) is 8.42 Å². The Morgan fingerprint density at radius 2 is 1.95 bits per heavy atom. The summed E-state index contributed by atoms with van der Waals surface area (Å²) in [5.41, 5.74) is 1.49. The van der Waals surface area contributed by atoms with Crippen molar-refractivity contribution in [3.8, 4) is 18.4 Å². The molecule has 0 atom stereocenters. The fraction of sp³-hybridized carbons (Fsp3) is 0.375. The third-order valence-electron chi connectivity index (χ3n) is 5.86. The Balaban J connectivity index is 2.15. The highest BCUT2D eigenvalue weighted by atomic mass is 32.2. The van der Waals surface area contributed by atoms with Crippen molar-refractivity contribution in [1.82, 2.24) is 4.31 Å². The molecule has 0 fully saturated rings. The number of nitro benzene ring substituents is 1. The van der Waals surface area contributed by atoms with Crippen LogP contribution >= 0.6 is 0 Å². The maximum absolute atomic E-state index is 14.0. The highest BCUT2D eigenvalue weighted by molar-refractivity contribution is 7.89. The molecule has 37 heavy (non-hydrogen) atoms. The van der Waals surface area contributed by atoms with Gasteiger partial charge in [-0.2, -0.15) is 18.0 Å². The average molecular weight is 547 g/mol. The first-order valence-corrected chi connectivity index (χ1v) is 14.6. The van der Waals surface area contributed by atoms with Gasteiger partial charge >= 0.3 is 0 Å². The molecule has 11 nitrogen and oxygen atoms in total. The van der Waals surface area contributed by atoms with Gasteiger partial charge in [-0.1, -0.05) is 25.0 Å². The van der Waals surface area contributed by atoms with Crippen molar-refractivity contribution in [2.75, 3.05) is 37.4 Å². The number of benzene rings is 2. The maximum Gasteiger partial charge on any atom is 0.272 e. The molecule has 1 aliphatic heterocycles. The van der Waals surface area contributed by atoms with E-state index in [4.69, 9.17) is 10.6 Å². The Hall–Kier alpha value is -3.49. The number of non-ortho nitro benzene ring substituents is 1. The van der Waals surface area contributed by atoms with E-state index in [0.29, 0.717) is 24.0 Å². The number of nitro groups is 1. The van der Waals surface area contributed by atoms with E-state index in [1.165, 1.54) is 4.31 Å². The van der Waals surface area contributed by atoms with Gasteiger partial charge < -0.3 is 4.90 Å². The lowest BCUT2D eigenvalue weighted by Gasteiger charge is -2.32. The molecule has 0 amide bonds. The summed E-state index contributed by atoms with van der Waals surface area (Å²) >= 11 is 0. The summed E-state index contributed by atoms with van der Waals surface area (Å²) in [5.74, 6) is 2.36. The molecule has 0 aromatic heterocycles. The highest BCUT2D eigenvalue weighted by Gasteiger charge is 2.35. The van der Waals surface area contributed by atoms with Crippen LogP contribution in [0.25, 0.3) is 0 Å². The molecule has 0 saturated carbocycles. The summed E-state index contributed by atoms with van der Waals surface area (Å²) in [4.78, 5) is 12.2. The Kier molecular flexibility index (Phi) is 8.56. The van der Waals surface area contributed by atoms with Crippen LogP contribution in [0.2, 0.25) is 0 Å². The zero-order valence-electron chi connectivity index (χ0n) is 20.4. The monoisotopic (exact) mass is 546 g/mol. The minimum Gasteiger partial charge on any atom is -0.367 e. The normalized spacial score (nSPS) is 13.8. The molecule has 0 unspecified atom stereocenters. The van der Waals surface area contributed by atoms with Crippen molar-refractivity contribution in [2.45, 2.75) is 31.2 Å². The van der Waals surface area contributed by atoms with E-state index in [0.717, 1.165) is 24.0 Å². The molecule has 1 heterocycles. The quantitative estimate of drug-likeness (QED) is 0.189. The minimum atomic E-state index is -4.31. The van der Waals surface area contributed by atoms with Crippen LogP contribution in [-0.4, -0.2) is 58.6 Å². The number of fused-ring (bicyclic) bond motifs is 1. The molecule has 2 aromatic carbocycles. The number of terminal acetylenes is 1. The van der Waals surface area contributed by atoms with Gasteiger partial charge in [0.1, 0.15) is 4.90 Å². The standard InChI is InChI=1S/C24H26N4O7S2/c1-4-10-26(12-13-35-36(3,31)32)24-18(5-2)14-21(28(29)30)15-23(24)37(33,34)27-11-9-22-19(16-25)7-6-8-20(22)17-27/h2,6-8,14-15H,4,9-13,17H2,1,3H3. The lowest BCUT2D eigenvalue weighted by molar-refractivity contribution is -0.385. The molecule has 13 heteroatoms. The lowest BCUT2D eigenvalue weighted by atomic mass is 9.96. The van der Waals surface area contributed by atoms with Crippen molar-refractivity contribution >= 4 is 31.5 Å². The molecule has 0 bridgehead atoms. The topological polar surface area (TPSA) is 151 Å². The number of anilines is 1. The van der Waals surface area contributed by atoms with E-state index in [1.807, 2.05) is 6.92 Å². The van der Waals surface area contributed by atoms with Gasteiger partial charge in [-0.05, 0) is 30.0 Å². The minimum absolute atomic E-state index is 0.00948. The smallest absolute Gasteiger partial charge is 0.272 e. The SMILES string of the molecule is C#Cc1cc([N+](=O)[O-])cc(S(=O)(=O)N2CCc3c(C#N)cccc3C2)c1N(CCC)CCOS(C)(=O)=O. The summed E-state index contributed by atoms with van der Waals surface area (Å²) in [6, 6.07) is 9.30. The van der Waals surface area contributed by atoms with Gasteiger partial charge in [-0.3, -0.25) is 14.3 Å². The lowest BCUT2D eigenvalue weighted by Crippen LogP contribution is -2.38. The predicted molar refractivity (Wildman–Crippen MR) is 137 cm³/mol. The van der Waals surface area contributed by atoms with Crippen LogP contribution < -0.4 is 4.90 Å². The molecule has 1 aliphatic rings. The van der Waals surface area contributed by atoms with Crippen molar-refractivity contribution in [2.24, 2.45) is 0 Å². The van der Waals surface area contributed by atoms with Crippen LogP contribution in [0.15, 0.2) is 35.2 Å². The molecule has 3 rings (SSSR count). The van der Waals surface area contributed by atoms with Crippen molar-refractivity contribution in [1.29, 1.82) is 5.26 Å². The van der Waals surface area contributed by atoms with Gasteiger partial charge in [0.2, 0.25) is 10.0 Å². The first-order chi connectivity index (χ1) is 17.4. The number of rotatable bonds is 10. The van der Waals surface area contributed by atoms with Crippen LogP contribution in [0.1, 0.15) is 35.6 Å². The Morgan fingerprint density at radius 1 is 1.22 bits per heavy atom. The Bertz CT molecular complexity index is 1510. The Morgan fingerprint density at radius 3 is 2.54 bits per heavy atom. The fourth-order valence-corrected chi connectivity index (χ4v) is 6.32. The second-order valence-corrected chi connectivity index (χ2v) is 11.9. The van der Waals surface area contributed by atoms with Gasteiger partial charge in [0.25, 0.3) is 15.8 Å². The number of nitriles is 1. The van der Waals surface area contributed by atoms with Crippen LogP contribution in [0.4, 0.5) is 11.4 Å². The van der Waals surface area contributed by atoms with Gasteiger partial charge in [0, 0.05) is 38.3 Å². The first-order valence-electron chi connectivity index (χ1n) is 11.3. The molecule has 2 aromatic rings. The van der Waals surface area contributed by atoms with Crippen LogP contribution in [0.5, 0.6) is 0 Å². The summed E-state index contributed by atoms with van der Waals surface area (Å²) in [6.45, 7) is 1.88. The zero-order chi connectivity index (χ0) is 27.4. The van der Waals surface area contributed by atoms with Crippen molar-refractivity contribution in [3.63, 3.8) is 0 Å². The van der Waals surface area contributed by atoms with E-state index < -0.39 is 30.8 Å². The zero-order valence-corrected chi connectivity index (χ0v) is 22.0. The molecule has 0 spiro atoms. The second-order valence-electron chi connectivity index (χ2n) is 8.40. The summed E-state index contributed by atoms with van der Waals surface area (Å²) in [5, 5.41) is 21.0. The van der Waals surface area contributed by atoms with E-state index in [-0.39, 0.29) is 48.9 Å². The van der Waals surface area contributed by atoms with E-state index in [1.54, 1.807) is 23.1 Å². The molecule has 0 aliphatic carbocycles. The van der Waals surface area contributed by atoms with Gasteiger partial charge in [-0.15, -0.1) is 6.42 Å². The fourth-order valence-electron chi connectivity index (χ4n) is 4.27. The van der Waals surface area contributed by atoms with Crippen LogP contribution in [-0.2, 0) is 37.3 Å². The number of nitrogens with zero attached hydrogens (tertiary/aromatic N) is 4. The molecular formula is C24H26N4O7S2. The summed E-state index contributed by atoms with van der Waals surface area (Å²) in [7, 11) is -8.06. The average Bonchev–Trinajstić information content (AvgIpc) is 2.85. The third kappa shape index (κ3) is 6.26. The van der Waals surface area contributed by atoms with Crippen LogP contribution in [0, 0.1) is 33.8 Å². The van der Waals surface area contributed by atoms with Crippen molar-refractivity contribution < 1.29 is 25.9 Å². The third-order valence-corrected chi connectivity index (χ3v) is 8.32.